The number of halogens is 6. The van der Waals surface area contributed by atoms with Crippen molar-refractivity contribution in [1.29, 1.82) is 0 Å². The Hall–Kier alpha value is -9.09. The van der Waals surface area contributed by atoms with Gasteiger partial charge >= 0.3 is 18.3 Å². The number of nitrogens with zero attached hydrogens (tertiary/aromatic N) is 11. The van der Waals surface area contributed by atoms with E-state index in [0.717, 1.165) is 56.1 Å². The maximum Gasteiger partial charge on any atom is 0.435 e. The number of methoxy groups -OCH3 is 2. The molecule has 29 heteroatoms. The first-order valence-corrected chi connectivity index (χ1v) is 26.4. The van der Waals surface area contributed by atoms with Crippen LogP contribution >= 0.6 is 0 Å². The van der Waals surface area contributed by atoms with Crippen LogP contribution in [0.4, 0.5) is 49.6 Å². The van der Waals surface area contributed by atoms with Gasteiger partial charge in [0.05, 0.1) is 33.2 Å². The largest absolute Gasteiger partial charge is 0.480 e. The minimum atomic E-state index is -4.71. The fourth-order valence-electron chi connectivity index (χ4n) is 8.55. The van der Waals surface area contributed by atoms with Gasteiger partial charge in [-0.1, -0.05) is 12.1 Å². The number of anilines is 4. The molecule has 0 unspecified atom stereocenters. The van der Waals surface area contributed by atoms with Crippen molar-refractivity contribution in [2.75, 3.05) is 63.5 Å². The van der Waals surface area contributed by atoms with Crippen LogP contribution in [0.3, 0.4) is 0 Å². The third kappa shape index (κ3) is 14.8. The topological polar surface area (TPSA) is 269 Å². The second-order valence-corrected chi connectivity index (χ2v) is 20.4. The van der Waals surface area contributed by atoms with Gasteiger partial charge in [-0.05, 0) is 111 Å². The molecule has 0 saturated carbocycles. The average molecular weight is 1160 g/mol. The number of carboxylic acid groups (broad SMARTS) is 1. The molecule has 0 aliphatic carbocycles. The molecular weight excluding hydrogens is 1110 g/mol. The summed E-state index contributed by atoms with van der Waals surface area (Å²) in [4.78, 5) is 52.6. The van der Waals surface area contributed by atoms with Crippen LogP contribution in [0.25, 0.3) is 33.9 Å². The van der Waals surface area contributed by atoms with Gasteiger partial charge < -0.3 is 30.0 Å². The highest BCUT2D eigenvalue weighted by atomic mass is 32.2. The van der Waals surface area contributed by atoms with Gasteiger partial charge in [0, 0.05) is 83.9 Å². The number of alkyl halides is 6. The first-order valence-electron chi connectivity index (χ1n) is 24.7. The van der Waals surface area contributed by atoms with E-state index >= 15 is 0 Å². The Bertz CT molecular complexity index is 3720. The lowest BCUT2D eigenvalue weighted by atomic mass is 10.1. The third-order valence-electron chi connectivity index (χ3n) is 12.1. The summed E-state index contributed by atoms with van der Waals surface area (Å²) < 4.78 is 125. The highest BCUT2D eigenvalue weighted by molar-refractivity contribution is 7.90. The molecule has 0 radical (unpaired) electrons. The number of aromatic nitrogens is 10. The van der Waals surface area contributed by atoms with Gasteiger partial charge in [-0.15, -0.1) is 0 Å². The second kappa shape index (κ2) is 24.7. The second-order valence-electron chi connectivity index (χ2n) is 18.6. The lowest BCUT2D eigenvalue weighted by Crippen LogP contribution is -2.38. The molecule has 1 saturated heterocycles. The minimum Gasteiger partial charge on any atom is -0.480 e. The molecule has 8 aromatic rings. The van der Waals surface area contributed by atoms with E-state index in [1.54, 1.807) is 0 Å². The zero-order chi connectivity index (χ0) is 59.1. The van der Waals surface area contributed by atoms with E-state index in [9.17, 15) is 49.5 Å². The van der Waals surface area contributed by atoms with E-state index < -0.39 is 45.6 Å². The van der Waals surface area contributed by atoms with Gasteiger partial charge in [-0.2, -0.15) is 46.5 Å². The number of hydrogen-bond acceptors (Lipinski definition) is 18. The molecule has 4 N–H and O–H groups in total. The van der Waals surface area contributed by atoms with Crippen molar-refractivity contribution in [3.8, 4) is 45.6 Å². The Kier molecular flexibility index (Phi) is 17.8. The van der Waals surface area contributed by atoms with Crippen molar-refractivity contribution in [3.63, 3.8) is 0 Å². The zero-order valence-electron chi connectivity index (χ0n) is 44.6. The van der Waals surface area contributed by atoms with Gasteiger partial charge in [-0.25, -0.2) is 47.2 Å². The number of rotatable bonds is 17. The van der Waals surface area contributed by atoms with Crippen LogP contribution < -0.4 is 24.8 Å². The van der Waals surface area contributed by atoms with Crippen LogP contribution in [0.5, 0.6) is 11.8 Å². The Labute approximate surface area is 464 Å². The third-order valence-corrected chi connectivity index (χ3v) is 13.4. The van der Waals surface area contributed by atoms with Crippen LogP contribution in [-0.2, 0) is 27.1 Å². The standard InChI is InChI=1S/C30H33F3N8O5S.C23H19F3N6O3/c1-19-13-20(2)15-22(14-19)36-29-35-18-24(26(37-29)41-7-5-25(38-41)30(31,32)33)21-16-23(28(45-3)34-17-21)27(42)39-47(43,44)12-4-6-40-8-10-46-11-9-40;1-12-6-13(2)8-15(7-12)29-22-28-11-17(14-9-16(21(33)34)20(35-3)27-10-14)19(30-22)32-5-4-18(31-32)23(24,25)26/h5,7,13-18H,4,6,8-12H2,1-3H3,(H,39,42)(H,35,36,37);4-11H,1-3H3,(H,33,34)(H,28,29,30). The van der Waals surface area contributed by atoms with Gasteiger partial charge in [0.1, 0.15) is 11.1 Å². The molecule has 0 spiro atoms. The van der Waals surface area contributed by atoms with E-state index in [1.165, 1.54) is 51.1 Å². The van der Waals surface area contributed by atoms with Crippen molar-refractivity contribution < 1.29 is 63.7 Å². The molecule has 0 atom stereocenters. The summed E-state index contributed by atoms with van der Waals surface area (Å²) in [6.45, 7) is 10.8. The summed E-state index contributed by atoms with van der Waals surface area (Å²) in [7, 11) is -1.49. The number of benzene rings is 2. The molecule has 2 aromatic carbocycles. The van der Waals surface area contributed by atoms with Crippen molar-refractivity contribution in [1.82, 2.24) is 59.1 Å². The fraction of sp³-hybridized carbons (Fsp3) is 0.283. The Balaban J connectivity index is 0.000000224. The fourth-order valence-corrected chi connectivity index (χ4v) is 9.55. The number of morpholine rings is 1. The van der Waals surface area contributed by atoms with Crippen molar-refractivity contribution >= 4 is 45.2 Å². The van der Waals surface area contributed by atoms with Crippen molar-refractivity contribution in [3.05, 3.63) is 143 Å². The number of aromatic carboxylic acids is 1. The van der Waals surface area contributed by atoms with Crippen LogP contribution in [0.15, 0.2) is 97.8 Å². The molecule has 82 heavy (non-hydrogen) atoms. The number of ether oxygens (including phenoxy) is 3. The average Bonchev–Trinajstić information content (AvgIpc) is 4.32. The van der Waals surface area contributed by atoms with E-state index in [-0.39, 0.29) is 74.4 Å². The van der Waals surface area contributed by atoms with E-state index in [1.807, 2.05) is 64.1 Å². The number of aryl methyl sites for hydroxylation is 4. The summed E-state index contributed by atoms with van der Waals surface area (Å²) in [5, 5.41) is 22.9. The SMILES string of the molecule is COc1ncc(-c2cnc(Nc3cc(C)cc(C)c3)nc2-n2ccc(C(F)(F)F)n2)cc1C(=O)NS(=O)(=O)CCCN1CCOCC1.COc1ncc(-c2cnc(Nc3cc(C)cc(C)c3)nc2-n2ccc(C(F)(F)F)n2)cc1C(=O)O. The number of amides is 1. The van der Waals surface area contributed by atoms with Crippen LogP contribution in [-0.4, -0.2) is 133 Å². The molecule has 430 valence electrons. The number of pyridine rings is 2. The molecule has 1 aliphatic rings. The lowest BCUT2D eigenvalue weighted by Gasteiger charge is -2.26. The summed E-state index contributed by atoms with van der Waals surface area (Å²) in [6.07, 6.45) is -1.53. The number of sulfonamides is 1. The van der Waals surface area contributed by atoms with Gasteiger partial charge in [-0.3, -0.25) is 9.69 Å². The van der Waals surface area contributed by atoms with Crippen LogP contribution in [0, 0.1) is 27.7 Å². The molecule has 0 bridgehead atoms. The summed E-state index contributed by atoms with van der Waals surface area (Å²) in [6, 6.07) is 15.6. The summed E-state index contributed by atoms with van der Waals surface area (Å²) in [5.41, 5.74) is 3.41. The number of carbonyl (C=O) groups is 2. The molecule has 6 aromatic heterocycles. The maximum atomic E-state index is 13.5. The van der Waals surface area contributed by atoms with Crippen molar-refractivity contribution in [2.45, 2.75) is 46.5 Å². The summed E-state index contributed by atoms with van der Waals surface area (Å²) in [5.74, 6) is -2.74. The number of carbonyl (C=O) groups excluding carboxylic acids is 1. The number of hydrogen-bond donors (Lipinski definition) is 4. The highest BCUT2D eigenvalue weighted by Crippen LogP contribution is 2.34. The molecule has 22 nitrogen and oxygen atoms in total. The number of carboxylic acids is 1. The van der Waals surface area contributed by atoms with Gasteiger partial charge in [0.15, 0.2) is 23.0 Å². The molecule has 1 aliphatic heterocycles. The van der Waals surface area contributed by atoms with E-state index in [0.29, 0.717) is 50.6 Å². The molecule has 9 rings (SSSR count). The van der Waals surface area contributed by atoms with Crippen LogP contribution in [0.2, 0.25) is 0 Å². The Morgan fingerprint density at radius 1 is 0.646 bits per heavy atom. The molecule has 1 fully saturated rings. The van der Waals surface area contributed by atoms with E-state index in [2.05, 4.69) is 60.4 Å². The molecular formula is C53H52F6N14O8S. The predicted molar refractivity (Wildman–Crippen MR) is 286 cm³/mol. The molecule has 1 amide bonds. The van der Waals surface area contributed by atoms with E-state index in [4.69, 9.17) is 14.2 Å². The predicted octanol–water partition coefficient (Wildman–Crippen LogP) is 8.70. The maximum absolute atomic E-state index is 13.5. The van der Waals surface area contributed by atoms with Gasteiger partial charge in [0.25, 0.3) is 5.91 Å². The van der Waals surface area contributed by atoms with Gasteiger partial charge in [0.2, 0.25) is 33.7 Å². The van der Waals surface area contributed by atoms with Crippen LogP contribution in [0.1, 0.15) is 60.8 Å². The normalized spacial score (nSPS) is 13.0. The zero-order valence-corrected chi connectivity index (χ0v) is 45.4. The lowest BCUT2D eigenvalue weighted by molar-refractivity contribution is -0.142. The first kappa shape index (κ1) is 59.0. The smallest absolute Gasteiger partial charge is 0.435 e. The summed E-state index contributed by atoms with van der Waals surface area (Å²) >= 11 is 0. The Morgan fingerprint density at radius 2 is 1.09 bits per heavy atom. The molecule has 7 heterocycles. The minimum absolute atomic E-state index is 0.00863. The quantitative estimate of drug-likeness (QED) is 0.0621. The monoisotopic (exact) mass is 1160 g/mol. The number of nitrogens with one attached hydrogen (secondary N) is 3. The van der Waals surface area contributed by atoms with Crippen molar-refractivity contribution in [2.24, 2.45) is 0 Å². The Morgan fingerprint density at radius 3 is 1.50 bits per heavy atom. The first-order chi connectivity index (χ1) is 38.9. The highest BCUT2D eigenvalue weighted by Gasteiger charge is 2.35.